The van der Waals surface area contributed by atoms with Crippen LogP contribution < -0.4 is 0 Å². The molecule has 1 aliphatic rings. The van der Waals surface area contributed by atoms with Crippen LogP contribution in [-0.2, 0) is 5.41 Å². The number of carbonyl (C=O) groups is 1. The fourth-order valence-electron chi connectivity index (χ4n) is 2.28. The van der Waals surface area contributed by atoms with Crippen molar-refractivity contribution in [3.05, 3.63) is 55.1 Å². The molecule has 0 N–H and O–H groups in total. The number of ketones is 1. The van der Waals surface area contributed by atoms with Crippen LogP contribution in [0.1, 0.15) is 28.8 Å². The summed E-state index contributed by atoms with van der Waals surface area (Å²) in [7, 11) is 0. The SMILES string of the molecule is O=C(c1cc(Br)sc1Br)C1(c2ccccc2)CC1. The van der Waals surface area contributed by atoms with Crippen molar-refractivity contribution in [1.29, 1.82) is 0 Å². The Labute approximate surface area is 126 Å². The normalized spacial score (nSPS) is 16.6. The molecule has 0 atom stereocenters. The Morgan fingerprint density at radius 3 is 2.33 bits per heavy atom. The summed E-state index contributed by atoms with van der Waals surface area (Å²) in [6.07, 6.45) is 1.91. The van der Waals surface area contributed by atoms with Gasteiger partial charge in [0.2, 0.25) is 0 Å². The second kappa shape index (κ2) is 4.58. The Morgan fingerprint density at radius 2 is 1.83 bits per heavy atom. The summed E-state index contributed by atoms with van der Waals surface area (Å²) in [5, 5.41) is 0. The zero-order valence-corrected chi connectivity index (χ0v) is 13.4. The Morgan fingerprint density at radius 1 is 1.17 bits per heavy atom. The highest BCUT2D eigenvalue weighted by Crippen LogP contribution is 2.52. The zero-order valence-electron chi connectivity index (χ0n) is 9.45. The van der Waals surface area contributed by atoms with Gasteiger partial charge in [0.1, 0.15) is 0 Å². The van der Waals surface area contributed by atoms with Gasteiger partial charge in [-0.05, 0) is 56.3 Å². The maximum atomic E-state index is 12.7. The van der Waals surface area contributed by atoms with Gasteiger partial charge < -0.3 is 0 Å². The molecule has 1 heterocycles. The molecule has 1 nitrogen and oxygen atoms in total. The van der Waals surface area contributed by atoms with Gasteiger partial charge in [-0.15, -0.1) is 11.3 Å². The van der Waals surface area contributed by atoms with Crippen LogP contribution in [0, 0.1) is 0 Å². The third-order valence-electron chi connectivity index (χ3n) is 3.41. The van der Waals surface area contributed by atoms with Crippen LogP contribution in [-0.4, -0.2) is 5.78 Å². The second-order valence-corrected chi connectivity index (χ2v) is 8.26. The summed E-state index contributed by atoms with van der Waals surface area (Å²) in [5.74, 6) is 0.238. The average Bonchev–Trinajstić information content (AvgIpc) is 3.11. The van der Waals surface area contributed by atoms with Crippen LogP contribution in [0.4, 0.5) is 0 Å². The fourth-order valence-corrected chi connectivity index (χ4v) is 5.08. The molecule has 4 heteroatoms. The molecule has 92 valence electrons. The van der Waals surface area contributed by atoms with Crippen LogP contribution in [0.25, 0.3) is 0 Å². The lowest BCUT2D eigenvalue weighted by molar-refractivity contribution is 0.0946. The lowest BCUT2D eigenvalue weighted by Gasteiger charge is -2.13. The van der Waals surface area contributed by atoms with Crippen LogP contribution in [0.15, 0.2) is 44.0 Å². The highest BCUT2D eigenvalue weighted by atomic mass is 79.9. The van der Waals surface area contributed by atoms with Gasteiger partial charge in [-0.25, -0.2) is 0 Å². The Bertz CT molecular complexity index is 600. The quantitative estimate of drug-likeness (QED) is 0.664. The number of benzene rings is 1. The molecule has 1 saturated carbocycles. The number of rotatable bonds is 3. The van der Waals surface area contributed by atoms with E-state index >= 15 is 0 Å². The summed E-state index contributed by atoms with van der Waals surface area (Å²) in [4.78, 5) is 12.7. The molecule has 1 aromatic heterocycles. The number of hydrogen-bond acceptors (Lipinski definition) is 2. The highest BCUT2D eigenvalue weighted by Gasteiger charge is 2.51. The van der Waals surface area contributed by atoms with Crippen molar-refractivity contribution in [3.8, 4) is 0 Å². The number of carbonyl (C=O) groups excluding carboxylic acids is 1. The first-order valence-corrected chi connectivity index (χ1v) is 8.09. The molecule has 1 aliphatic carbocycles. The summed E-state index contributed by atoms with van der Waals surface area (Å²) in [6.45, 7) is 0. The first kappa shape index (κ1) is 12.6. The Hall–Kier alpha value is -0.450. The molecule has 1 fully saturated rings. The third-order valence-corrected chi connectivity index (χ3v) is 5.75. The number of thiophene rings is 1. The van der Waals surface area contributed by atoms with Gasteiger partial charge in [0.25, 0.3) is 0 Å². The van der Waals surface area contributed by atoms with E-state index in [1.54, 1.807) is 11.3 Å². The van der Waals surface area contributed by atoms with Crippen molar-refractivity contribution in [3.63, 3.8) is 0 Å². The van der Waals surface area contributed by atoms with Crippen LogP contribution in [0.3, 0.4) is 0 Å². The van der Waals surface area contributed by atoms with Gasteiger partial charge in [-0.1, -0.05) is 30.3 Å². The molecular formula is C14H10Br2OS. The van der Waals surface area contributed by atoms with E-state index in [1.165, 1.54) is 0 Å². The van der Waals surface area contributed by atoms with Gasteiger partial charge >= 0.3 is 0 Å². The van der Waals surface area contributed by atoms with Crippen LogP contribution in [0.2, 0.25) is 0 Å². The van der Waals surface area contributed by atoms with Crippen molar-refractivity contribution >= 4 is 49.0 Å². The molecular weight excluding hydrogens is 376 g/mol. The minimum atomic E-state index is -0.274. The van der Waals surface area contributed by atoms with E-state index in [-0.39, 0.29) is 11.2 Å². The van der Waals surface area contributed by atoms with Crippen molar-refractivity contribution in [2.45, 2.75) is 18.3 Å². The topological polar surface area (TPSA) is 17.1 Å². The molecule has 0 saturated heterocycles. The molecule has 0 bridgehead atoms. The van der Waals surface area contributed by atoms with Gasteiger partial charge in [0, 0.05) is 5.56 Å². The first-order chi connectivity index (χ1) is 8.63. The van der Waals surface area contributed by atoms with Gasteiger partial charge in [-0.3, -0.25) is 4.79 Å². The van der Waals surface area contributed by atoms with Gasteiger partial charge in [0.15, 0.2) is 5.78 Å². The van der Waals surface area contributed by atoms with E-state index in [2.05, 4.69) is 44.0 Å². The van der Waals surface area contributed by atoms with E-state index in [9.17, 15) is 4.79 Å². The van der Waals surface area contributed by atoms with Gasteiger partial charge in [0.05, 0.1) is 13.0 Å². The molecule has 0 radical (unpaired) electrons. The maximum absolute atomic E-state index is 12.7. The van der Waals surface area contributed by atoms with E-state index in [1.807, 2.05) is 24.3 Å². The first-order valence-electron chi connectivity index (χ1n) is 5.69. The average molecular weight is 386 g/mol. The Balaban J connectivity index is 2.01. The summed E-state index contributed by atoms with van der Waals surface area (Å²) >= 11 is 8.46. The molecule has 3 rings (SSSR count). The summed E-state index contributed by atoms with van der Waals surface area (Å²) in [6, 6.07) is 12.0. The molecule has 2 aromatic rings. The lowest BCUT2D eigenvalue weighted by atomic mass is 9.88. The molecule has 0 amide bonds. The van der Waals surface area contributed by atoms with Crippen LogP contribution in [0.5, 0.6) is 0 Å². The highest BCUT2D eigenvalue weighted by molar-refractivity contribution is 9.12. The van der Waals surface area contributed by atoms with E-state index < -0.39 is 0 Å². The molecule has 0 aliphatic heterocycles. The van der Waals surface area contributed by atoms with Crippen molar-refractivity contribution < 1.29 is 4.79 Å². The minimum absolute atomic E-state index is 0.238. The van der Waals surface area contributed by atoms with Crippen LogP contribution >= 0.6 is 43.2 Å². The second-order valence-electron chi connectivity index (χ2n) is 4.52. The minimum Gasteiger partial charge on any atom is -0.293 e. The molecule has 0 spiro atoms. The number of halogens is 2. The van der Waals surface area contributed by atoms with Crippen molar-refractivity contribution in [1.82, 2.24) is 0 Å². The third kappa shape index (κ3) is 2.00. The summed E-state index contributed by atoms with van der Waals surface area (Å²) < 4.78 is 1.91. The van der Waals surface area contributed by atoms with E-state index in [0.717, 1.165) is 31.5 Å². The van der Waals surface area contributed by atoms with E-state index in [0.29, 0.717) is 0 Å². The predicted molar refractivity (Wildman–Crippen MR) is 81.4 cm³/mol. The van der Waals surface area contributed by atoms with Crippen molar-refractivity contribution in [2.24, 2.45) is 0 Å². The predicted octanol–water partition coefficient (Wildman–Crippen LogP) is 5.19. The summed E-state index contributed by atoms with van der Waals surface area (Å²) in [5.41, 5.74) is 1.67. The monoisotopic (exact) mass is 384 g/mol. The lowest BCUT2D eigenvalue weighted by Crippen LogP contribution is -2.20. The smallest absolute Gasteiger partial charge is 0.175 e. The fraction of sp³-hybridized carbons (Fsp3) is 0.214. The molecule has 18 heavy (non-hydrogen) atoms. The van der Waals surface area contributed by atoms with E-state index in [4.69, 9.17) is 0 Å². The standard InChI is InChI=1S/C14H10Br2OS/c15-11-8-10(13(16)18-11)12(17)14(6-7-14)9-4-2-1-3-5-9/h1-5,8H,6-7H2. The van der Waals surface area contributed by atoms with Crippen molar-refractivity contribution in [2.75, 3.05) is 0 Å². The number of Topliss-reactive ketones (excluding diaryl/α,β-unsaturated/α-hetero) is 1. The Kier molecular flexibility index (Phi) is 3.20. The largest absolute Gasteiger partial charge is 0.293 e. The molecule has 1 aromatic carbocycles. The van der Waals surface area contributed by atoms with Gasteiger partial charge in [-0.2, -0.15) is 0 Å². The molecule has 0 unspecified atom stereocenters. The zero-order chi connectivity index (χ0) is 12.8. The maximum Gasteiger partial charge on any atom is 0.175 e. The number of hydrogen-bond donors (Lipinski definition) is 0.